The second-order valence-corrected chi connectivity index (χ2v) is 3.71. The van der Waals surface area contributed by atoms with Gasteiger partial charge in [-0.05, 0) is 19.3 Å². The van der Waals surface area contributed by atoms with E-state index in [1.807, 2.05) is 17.7 Å². The van der Waals surface area contributed by atoms with Gasteiger partial charge in [0.2, 0.25) is 0 Å². The highest BCUT2D eigenvalue weighted by Crippen LogP contribution is 2.36. The SMILES string of the molecule is CCc1cn(C2CC2)c(CC(=O)O)n1. The van der Waals surface area contributed by atoms with Gasteiger partial charge in [0.05, 0.1) is 5.69 Å². The molecule has 2 rings (SSSR count). The molecule has 76 valence electrons. The standard InChI is InChI=1S/C10H14N2O2/c1-2-7-6-12(8-3-4-8)9(11-7)5-10(13)14/h6,8H,2-5H2,1H3,(H,13,14). The van der Waals surface area contributed by atoms with Crippen molar-refractivity contribution in [1.29, 1.82) is 0 Å². The first-order valence-corrected chi connectivity index (χ1v) is 4.99. The van der Waals surface area contributed by atoms with Gasteiger partial charge in [-0.25, -0.2) is 4.98 Å². The zero-order chi connectivity index (χ0) is 10.1. The van der Waals surface area contributed by atoms with Crippen LogP contribution in [-0.4, -0.2) is 20.6 Å². The van der Waals surface area contributed by atoms with E-state index in [9.17, 15) is 4.79 Å². The fourth-order valence-corrected chi connectivity index (χ4v) is 1.59. The number of nitrogens with zero attached hydrogens (tertiary/aromatic N) is 2. The summed E-state index contributed by atoms with van der Waals surface area (Å²) in [5.74, 6) is -0.1000. The summed E-state index contributed by atoms with van der Waals surface area (Å²) in [6.07, 6.45) is 5.22. The maximum absolute atomic E-state index is 10.6. The second-order valence-electron chi connectivity index (χ2n) is 3.71. The van der Waals surface area contributed by atoms with Gasteiger partial charge in [-0.15, -0.1) is 0 Å². The zero-order valence-electron chi connectivity index (χ0n) is 8.23. The van der Waals surface area contributed by atoms with Crippen molar-refractivity contribution < 1.29 is 9.90 Å². The van der Waals surface area contributed by atoms with Crippen LogP contribution >= 0.6 is 0 Å². The quantitative estimate of drug-likeness (QED) is 0.788. The number of hydrogen-bond donors (Lipinski definition) is 1. The predicted octanol–water partition coefficient (Wildman–Crippen LogP) is 1.41. The molecule has 0 aliphatic heterocycles. The summed E-state index contributed by atoms with van der Waals surface area (Å²) in [6, 6.07) is 0.511. The third-order valence-electron chi connectivity index (χ3n) is 2.47. The molecule has 4 heteroatoms. The van der Waals surface area contributed by atoms with Gasteiger partial charge in [-0.1, -0.05) is 6.92 Å². The molecule has 0 saturated heterocycles. The number of aryl methyl sites for hydroxylation is 1. The largest absolute Gasteiger partial charge is 0.481 e. The molecule has 0 aromatic carbocycles. The zero-order valence-corrected chi connectivity index (χ0v) is 8.23. The van der Waals surface area contributed by atoms with Crippen LogP contribution in [-0.2, 0) is 17.6 Å². The summed E-state index contributed by atoms with van der Waals surface area (Å²) < 4.78 is 2.03. The van der Waals surface area contributed by atoms with Crippen LogP contribution in [0.5, 0.6) is 0 Å². The molecule has 0 spiro atoms. The minimum Gasteiger partial charge on any atom is -0.481 e. The molecule has 1 saturated carbocycles. The highest BCUT2D eigenvalue weighted by Gasteiger charge is 2.26. The summed E-state index contributed by atoms with van der Waals surface area (Å²) in [7, 11) is 0. The molecule has 14 heavy (non-hydrogen) atoms. The number of carbonyl (C=O) groups is 1. The van der Waals surface area contributed by atoms with Crippen molar-refractivity contribution in [2.45, 2.75) is 38.6 Å². The Bertz CT molecular complexity index is 353. The van der Waals surface area contributed by atoms with Crippen LogP contribution in [0.2, 0.25) is 0 Å². The number of hydrogen-bond acceptors (Lipinski definition) is 2. The third kappa shape index (κ3) is 1.78. The Morgan fingerprint density at radius 2 is 2.43 bits per heavy atom. The van der Waals surface area contributed by atoms with Crippen LogP contribution < -0.4 is 0 Å². The monoisotopic (exact) mass is 194 g/mol. The number of carboxylic acids is 1. The van der Waals surface area contributed by atoms with Crippen LogP contribution in [0.3, 0.4) is 0 Å². The average Bonchev–Trinajstić information content (AvgIpc) is 2.88. The third-order valence-corrected chi connectivity index (χ3v) is 2.47. The summed E-state index contributed by atoms with van der Waals surface area (Å²) in [6.45, 7) is 2.03. The van der Waals surface area contributed by atoms with Gasteiger partial charge in [0.25, 0.3) is 0 Å². The molecule has 4 nitrogen and oxygen atoms in total. The summed E-state index contributed by atoms with van der Waals surface area (Å²) in [5, 5.41) is 8.72. The second kappa shape index (κ2) is 3.44. The Morgan fingerprint density at radius 3 is 2.93 bits per heavy atom. The molecule has 1 heterocycles. The normalized spacial score (nSPS) is 15.8. The van der Waals surface area contributed by atoms with Crippen molar-refractivity contribution in [3.63, 3.8) is 0 Å². The van der Waals surface area contributed by atoms with Gasteiger partial charge >= 0.3 is 5.97 Å². The maximum atomic E-state index is 10.6. The fraction of sp³-hybridized carbons (Fsp3) is 0.600. The summed E-state index contributed by atoms with van der Waals surface area (Å²) in [5.41, 5.74) is 0.994. The molecular formula is C10H14N2O2. The molecule has 0 atom stereocenters. The predicted molar refractivity (Wildman–Crippen MR) is 51.2 cm³/mol. The van der Waals surface area contributed by atoms with Gasteiger partial charge in [0.15, 0.2) is 0 Å². The molecular weight excluding hydrogens is 180 g/mol. The van der Waals surface area contributed by atoms with Gasteiger partial charge in [0.1, 0.15) is 12.2 Å². The van der Waals surface area contributed by atoms with Gasteiger partial charge < -0.3 is 9.67 Å². The Morgan fingerprint density at radius 1 is 1.71 bits per heavy atom. The van der Waals surface area contributed by atoms with Crippen molar-refractivity contribution in [3.05, 3.63) is 17.7 Å². The number of aliphatic carboxylic acids is 1. The van der Waals surface area contributed by atoms with E-state index in [2.05, 4.69) is 4.98 Å². The molecule has 1 aliphatic carbocycles. The van der Waals surface area contributed by atoms with Crippen LogP contribution in [0.4, 0.5) is 0 Å². The van der Waals surface area contributed by atoms with E-state index in [-0.39, 0.29) is 6.42 Å². The Hall–Kier alpha value is -1.32. The van der Waals surface area contributed by atoms with Crippen molar-refractivity contribution in [3.8, 4) is 0 Å². The van der Waals surface area contributed by atoms with Crippen molar-refractivity contribution >= 4 is 5.97 Å². The molecule has 0 bridgehead atoms. The van der Waals surface area contributed by atoms with E-state index in [0.717, 1.165) is 25.0 Å². The number of imidazole rings is 1. The molecule has 1 aromatic rings. The van der Waals surface area contributed by atoms with Crippen LogP contribution in [0.25, 0.3) is 0 Å². The summed E-state index contributed by atoms with van der Waals surface area (Å²) in [4.78, 5) is 14.9. The lowest BCUT2D eigenvalue weighted by atomic mass is 10.4. The van der Waals surface area contributed by atoms with E-state index in [0.29, 0.717) is 11.9 Å². The van der Waals surface area contributed by atoms with Crippen LogP contribution in [0, 0.1) is 0 Å². The summed E-state index contributed by atoms with van der Waals surface area (Å²) >= 11 is 0. The first-order chi connectivity index (χ1) is 6.70. The minimum atomic E-state index is -0.805. The highest BCUT2D eigenvalue weighted by atomic mass is 16.4. The molecule has 1 aliphatic rings. The number of carboxylic acid groups (broad SMARTS) is 1. The van der Waals surface area contributed by atoms with Crippen molar-refractivity contribution in [1.82, 2.24) is 9.55 Å². The van der Waals surface area contributed by atoms with E-state index >= 15 is 0 Å². The van der Waals surface area contributed by atoms with Crippen LogP contribution in [0.1, 0.15) is 37.3 Å². The van der Waals surface area contributed by atoms with E-state index < -0.39 is 5.97 Å². The Labute approximate surface area is 82.6 Å². The van der Waals surface area contributed by atoms with Gasteiger partial charge in [0, 0.05) is 12.2 Å². The average molecular weight is 194 g/mol. The molecule has 0 unspecified atom stereocenters. The molecule has 0 amide bonds. The van der Waals surface area contributed by atoms with E-state index in [1.54, 1.807) is 0 Å². The van der Waals surface area contributed by atoms with Gasteiger partial charge in [-0.2, -0.15) is 0 Å². The number of rotatable bonds is 4. The van der Waals surface area contributed by atoms with Crippen molar-refractivity contribution in [2.24, 2.45) is 0 Å². The highest BCUT2D eigenvalue weighted by molar-refractivity contribution is 5.69. The number of aromatic nitrogens is 2. The first-order valence-electron chi connectivity index (χ1n) is 4.99. The van der Waals surface area contributed by atoms with E-state index in [1.165, 1.54) is 0 Å². The molecule has 1 aromatic heterocycles. The molecule has 1 N–H and O–H groups in total. The Kier molecular flexibility index (Phi) is 2.27. The lowest BCUT2D eigenvalue weighted by molar-refractivity contribution is -0.136. The molecule has 0 radical (unpaired) electrons. The Balaban J connectivity index is 2.25. The molecule has 1 fully saturated rings. The fourth-order valence-electron chi connectivity index (χ4n) is 1.59. The minimum absolute atomic E-state index is 0.0382. The lowest BCUT2D eigenvalue weighted by Gasteiger charge is -2.02. The maximum Gasteiger partial charge on any atom is 0.311 e. The topological polar surface area (TPSA) is 55.1 Å². The first kappa shape index (κ1) is 9.24. The smallest absolute Gasteiger partial charge is 0.311 e. The van der Waals surface area contributed by atoms with Crippen LogP contribution in [0.15, 0.2) is 6.20 Å². The van der Waals surface area contributed by atoms with Gasteiger partial charge in [-0.3, -0.25) is 4.79 Å². The lowest BCUT2D eigenvalue weighted by Crippen LogP contribution is -2.07. The van der Waals surface area contributed by atoms with E-state index in [4.69, 9.17) is 5.11 Å². The van der Waals surface area contributed by atoms with Crippen molar-refractivity contribution in [2.75, 3.05) is 0 Å².